The molecule has 29 heavy (non-hydrogen) atoms. The van der Waals surface area contributed by atoms with E-state index in [2.05, 4.69) is 16.5 Å². The number of halogens is 1. The number of carbonyl (C=O) groups is 1. The molecule has 7 heteroatoms. The van der Waals surface area contributed by atoms with Crippen molar-refractivity contribution < 1.29 is 14.3 Å². The number of nitrogens with one attached hydrogen (secondary N) is 1. The van der Waals surface area contributed by atoms with Crippen LogP contribution in [0.25, 0.3) is 0 Å². The predicted molar refractivity (Wildman–Crippen MR) is 113 cm³/mol. The monoisotopic (exact) mass is 413 g/mol. The lowest BCUT2D eigenvalue weighted by atomic mass is 10.1. The quantitative estimate of drug-likeness (QED) is 0.567. The first-order valence-corrected chi connectivity index (χ1v) is 9.82. The highest BCUT2D eigenvalue weighted by Gasteiger charge is 2.16. The molecule has 0 aliphatic carbocycles. The number of rotatable bonds is 9. The Morgan fingerprint density at radius 1 is 1.21 bits per heavy atom. The highest BCUT2D eigenvalue weighted by atomic mass is 35.5. The standard InChI is InChI=1S/C22H24ClN3O3/c1-3-10-29-21-19(23)12-18(13-20(21)28-2)22(27)24-14-16-6-4-7-17(11-16)15-26-9-5-8-25-26/h4-9,11-13H,3,10,14-15H2,1-2H3,(H,24,27). The Morgan fingerprint density at radius 2 is 2.03 bits per heavy atom. The van der Waals surface area contributed by atoms with E-state index in [1.54, 1.807) is 18.3 Å². The Labute approximate surface area is 175 Å². The highest BCUT2D eigenvalue weighted by molar-refractivity contribution is 6.32. The summed E-state index contributed by atoms with van der Waals surface area (Å²) in [6.07, 6.45) is 4.52. The van der Waals surface area contributed by atoms with E-state index in [9.17, 15) is 4.79 Å². The molecule has 0 saturated carbocycles. The minimum Gasteiger partial charge on any atom is -0.493 e. The molecule has 2 aromatic carbocycles. The summed E-state index contributed by atoms with van der Waals surface area (Å²) in [6.45, 7) is 3.61. The van der Waals surface area contributed by atoms with Crippen molar-refractivity contribution in [2.75, 3.05) is 13.7 Å². The normalized spacial score (nSPS) is 10.6. The minimum atomic E-state index is -0.232. The molecule has 3 aromatic rings. The van der Waals surface area contributed by atoms with Crippen molar-refractivity contribution in [1.82, 2.24) is 15.1 Å². The van der Waals surface area contributed by atoms with Crippen LogP contribution in [-0.2, 0) is 13.1 Å². The molecule has 0 aliphatic heterocycles. The summed E-state index contributed by atoms with van der Waals surface area (Å²) < 4.78 is 12.8. The maximum absolute atomic E-state index is 12.6. The number of hydrogen-bond acceptors (Lipinski definition) is 4. The van der Waals surface area contributed by atoms with E-state index < -0.39 is 0 Å². The third-order valence-electron chi connectivity index (χ3n) is 4.29. The van der Waals surface area contributed by atoms with E-state index in [1.807, 2.05) is 42.1 Å². The summed E-state index contributed by atoms with van der Waals surface area (Å²) in [5.41, 5.74) is 2.54. The minimum absolute atomic E-state index is 0.232. The lowest BCUT2D eigenvalue weighted by Crippen LogP contribution is -2.23. The van der Waals surface area contributed by atoms with Crippen molar-refractivity contribution in [3.8, 4) is 11.5 Å². The Morgan fingerprint density at radius 3 is 2.76 bits per heavy atom. The first-order chi connectivity index (χ1) is 14.1. The fourth-order valence-electron chi connectivity index (χ4n) is 2.90. The summed E-state index contributed by atoms with van der Waals surface area (Å²) in [5.74, 6) is 0.668. The zero-order valence-electron chi connectivity index (χ0n) is 16.5. The lowest BCUT2D eigenvalue weighted by molar-refractivity contribution is 0.0950. The molecule has 0 radical (unpaired) electrons. The van der Waals surface area contributed by atoms with Crippen LogP contribution >= 0.6 is 11.6 Å². The van der Waals surface area contributed by atoms with Gasteiger partial charge in [-0.2, -0.15) is 5.10 Å². The molecule has 0 atom stereocenters. The number of carbonyl (C=O) groups excluding carboxylic acids is 1. The number of aromatic nitrogens is 2. The first-order valence-electron chi connectivity index (χ1n) is 9.44. The van der Waals surface area contributed by atoms with E-state index in [1.165, 1.54) is 7.11 Å². The second-order valence-corrected chi connectivity index (χ2v) is 6.95. The largest absolute Gasteiger partial charge is 0.493 e. The Hall–Kier alpha value is -2.99. The van der Waals surface area contributed by atoms with E-state index in [0.29, 0.717) is 41.8 Å². The molecule has 0 aliphatic rings. The van der Waals surface area contributed by atoms with Gasteiger partial charge in [0.2, 0.25) is 0 Å². The van der Waals surface area contributed by atoms with Crippen molar-refractivity contribution >= 4 is 17.5 Å². The second-order valence-electron chi connectivity index (χ2n) is 6.54. The number of methoxy groups -OCH3 is 1. The van der Waals surface area contributed by atoms with Gasteiger partial charge in [0.25, 0.3) is 5.91 Å². The molecule has 1 heterocycles. The second kappa shape index (κ2) is 9.98. The zero-order chi connectivity index (χ0) is 20.6. The average Bonchev–Trinajstić information content (AvgIpc) is 3.24. The number of benzene rings is 2. The van der Waals surface area contributed by atoms with Crippen LogP contribution in [0.4, 0.5) is 0 Å². The molecule has 0 spiro atoms. The molecular weight excluding hydrogens is 390 g/mol. The highest BCUT2D eigenvalue weighted by Crippen LogP contribution is 2.36. The van der Waals surface area contributed by atoms with E-state index in [0.717, 1.165) is 17.5 Å². The average molecular weight is 414 g/mol. The predicted octanol–water partition coefficient (Wildman–Crippen LogP) is 4.31. The van der Waals surface area contributed by atoms with Crippen LogP contribution in [0.15, 0.2) is 54.9 Å². The maximum atomic E-state index is 12.6. The Kier molecular flexibility index (Phi) is 7.14. The summed E-state index contributed by atoms with van der Waals surface area (Å²) in [6, 6.07) is 13.2. The number of nitrogens with zero attached hydrogens (tertiary/aromatic N) is 2. The van der Waals surface area contributed by atoms with E-state index in [4.69, 9.17) is 21.1 Å². The molecule has 1 N–H and O–H groups in total. The molecule has 1 amide bonds. The third kappa shape index (κ3) is 5.51. The van der Waals surface area contributed by atoms with E-state index >= 15 is 0 Å². The summed E-state index contributed by atoms with van der Waals surface area (Å²) >= 11 is 6.31. The molecule has 0 saturated heterocycles. The van der Waals surface area contributed by atoms with Crippen LogP contribution in [0.1, 0.15) is 34.8 Å². The SMILES string of the molecule is CCCOc1c(Cl)cc(C(=O)NCc2cccc(Cn3cccn3)c2)cc1OC. The zero-order valence-corrected chi connectivity index (χ0v) is 17.3. The number of ether oxygens (including phenoxy) is 2. The smallest absolute Gasteiger partial charge is 0.251 e. The fourth-order valence-corrected chi connectivity index (χ4v) is 3.16. The van der Waals surface area contributed by atoms with Crippen molar-refractivity contribution in [2.45, 2.75) is 26.4 Å². The van der Waals surface area contributed by atoms with Crippen molar-refractivity contribution in [3.05, 3.63) is 76.6 Å². The summed E-state index contributed by atoms with van der Waals surface area (Å²) in [4.78, 5) is 12.6. The van der Waals surface area contributed by atoms with Gasteiger partial charge in [-0.1, -0.05) is 42.8 Å². The van der Waals surface area contributed by atoms with Gasteiger partial charge in [0.05, 0.1) is 25.3 Å². The molecule has 0 unspecified atom stereocenters. The molecule has 152 valence electrons. The molecule has 0 fully saturated rings. The van der Waals surface area contributed by atoms with Crippen LogP contribution in [-0.4, -0.2) is 29.4 Å². The van der Waals surface area contributed by atoms with E-state index in [-0.39, 0.29) is 5.91 Å². The van der Waals surface area contributed by atoms with Gasteiger partial charge in [0.15, 0.2) is 11.5 Å². The van der Waals surface area contributed by atoms with Gasteiger partial charge in [-0.15, -0.1) is 0 Å². The molecular formula is C22H24ClN3O3. The number of amides is 1. The Balaban J connectivity index is 1.67. The topological polar surface area (TPSA) is 65.4 Å². The van der Waals surface area contributed by atoms with Gasteiger partial charge in [0.1, 0.15) is 0 Å². The van der Waals surface area contributed by atoms with Crippen molar-refractivity contribution in [3.63, 3.8) is 0 Å². The van der Waals surface area contributed by atoms with Gasteiger partial charge in [-0.3, -0.25) is 9.48 Å². The van der Waals surface area contributed by atoms with Crippen molar-refractivity contribution in [2.24, 2.45) is 0 Å². The maximum Gasteiger partial charge on any atom is 0.251 e. The summed E-state index contributed by atoms with van der Waals surface area (Å²) in [7, 11) is 1.53. The van der Waals surface area contributed by atoms with Crippen molar-refractivity contribution in [1.29, 1.82) is 0 Å². The van der Waals surface area contributed by atoms with Gasteiger partial charge in [-0.05, 0) is 35.7 Å². The van der Waals surface area contributed by atoms with Gasteiger partial charge >= 0.3 is 0 Å². The molecule has 1 aromatic heterocycles. The van der Waals surface area contributed by atoms with Gasteiger partial charge in [-0.25, -0.2) is 0 Å². The van der Waals surface area contributed by atoms with Crippen LogP contribution in [0.2, 0.25) is 5.02 Å². The van der Waals surface area contributed by atoms with Gasteiger partial charge < -0.3 is 14.8 Å². The van der Waals surface area contributed by atoms with Crippen LogP contribution in [0.3, 0.4) is 0 Å². The summed E-state index contributed by atoms with van der Waals surface area (Å²) in [5, 5.41) is 7.49. The molecule has 3 rings (SSSR count). The molecule has 6 nitrogen and oxygen atoms in total. The molecule has 0 bridgehead atoms. The Bertz CT molecular complexity index is 958. The third-order valence-corrected chi connectivity index (χ3v) is 4.57. The van der Waals surface area contributed by atoms with Crippen LogP contribution in [0.5, 0.6) is 11.5 Å². The van der Waals surface area contributed by atoms with Crippen LogP contribution in [0, 0.1) is 0 Å². The van der Waals surface area contributed by atoms with Crippen LogP contribution < -0.4 is 14.8 Å². The first kappa shape index (κ1) is 20.7. The van der Waals surface area contributed by atoms with Gasteiger partial charge in [0, 0.05) is 24.5 Å². The lowest BCUT2D eigenvalue weighted by Gasteiger charge is -2.14. The number of hydrogen-bond donors (Lipinski definition) is 1. The fraction of sp³-hybridized carbons (Fsp3) is 0.273.